The second-order valence-electron chi connectivity index (χ2n) is 4.53. The standard InChI is InChI=1S/C16H21N5O.HI/c1-17-16(20-10-7-14-5-2-3-9-19-14)21-11-12-22-15-6-4-8-18-13-15;/h2-6,8-9,13H,7,10-12H2,1H3,(H2,17,20,21);1H. The summed E-state index contributed by atoms with van der Waals surface area (Å²) in [5.74, 6) is 1.52. The van der Waals surface area contributed by atoms with Crippen LogP contribution in [0.15, 0.2) is 53.9 Å². The number of nitrogens with zero attached hydrogens (tertiary/aromatic N) is 3. The van der Waals surface area contributed by atoms with Gasteiger partial charge in [-0.25, -0.2) is 0 Å². The molecule has 2 heterocycles. The second-order valence-corrected chi connectivity index (χ2v) is 4.53. The van der Waals surface area contributed by atoms with Crippen LogP contribution in [-0.4, -0.2) is 42.7 Å². The summed E-state index contributed by atoms with van der Waals surface area (Å²) in [6.07, 6.45) is 6.07. The van der Waals surface area contributed by atoms with E-state index in [4.69, 9.17) is 4.74 Å². The van der Waals surface area contributed by atoms with E-state index < -0.39 is 0 Å². The maximum absolute atomic E-state index is 5.56. The first-order chi connectivity index (χ1) is 10.9. The molecule has 0 radical (unpaired) electrons. The fourth-order valence-electron chi connectivity index (χ4n) is 1.85. The number of nitrogens with one attached hydrogen (secondary N) is 2. The third-order valence-electron chi connectivity index (χ3n) is 2.92. The SMILES string of the molecule is CN=C(NCCOc1cccnc1)NCCc1ccccn1.I. The van der Waals surface area contributed by atoms with Crippen LogP contribution >= 0.6 is 24.0 Å². The molecule has 2 aromatic rings. The molecule has 0 aliphatic carbocycles. The number of ether oxygens (including phenoxy) is 1. The molecule has 0 saturated carbocycles. The van der Waals surface area contributed by atoms with Crippen molar-refractivity contribution >= 4 is 29.9 Å². The lowest BCUT2D eigenvalue weighted by Crippen LogP contribution is -2.40. The normalized spacial score (nSPS) is 10.6. The third-order valence-corrected chi connectivity index (χ3v) is 2.92. The van der Waals surface area contributed by atoms with Crippen molar-refractivity contribution in [3.8, 4) is 5.75 Å². The van der Waals surface area contributed by atoms with Crippen molar-refractivity contribution in [2.45, 2.75) is 6.42 Å². The minimum atomic E-state index is 0. The smallest absolute Gasteiger partial charge is 0.191 e. The van der Waals surface area contributed by atoms with E-state index in [-0.39, 0.29) is 24.0 Å². The van der Waals surface area contributed by atoms with Crippen LogP contribution in [0.25, 0.3) is 0 Å². The Morgan fingerprint density at radius 1 is 1.13 bits per heavy atom. The van der Waals surface area contributed by atoms with Gasteiger partial charge >= 0.3 is 0 Å². The van der Waals surface area contributed by atoms with Crippen molar-refractivity contribution in [3.63, 3.8) is 0 Å². The first kappa shape index (κ1) is 19.1. The van der Waals surface area contributed by atoms with Gasteiger partial charge in [0, 0.05) is 38.1 Å². The molecule has 0 unspecified atom stereocenters. The summed E-state index contributed by atoms with van der Waals surface area (Å²) in [6, 6.07) is 9.65. The van der Waals surface area contributed by atoms with Gasteiger partial charge < -0.3 is 15.4 Å². The largest absolute Gasteiger partial charge is 0.490 e. The van der Waals surface area contributed by atoms with Crippen LogP contribution in [0.1, 0.15) is 5.69 Å². The Morgan fingerprint density at radius 2 is 2.00 bits per heavy atom. The molecule has 6 nitrogen and oxygen atoms in total. The van der Waals surface area contributed by atoms with Gasteiger partial charge in [0.15, 0.2) is 5.96 Å². The number of halogens is 1. The number of aromatic nitrogens is 2. The number of aliphatic imine (C=N–C) groups is 1. The van der Waals surface area contributed by atoms with E-state index in [1.807, 2.05) is 30.3 Å². The number of hydrogen-bond acceptors (Lipinski definition) is 4. The lowest BCUT2D eigenvalue weighted by molar-refractivity contribution is 0.320. The Bertz CT molecular complexity index is 565. The highest BCUT2D eigenvalue weighted by Gasteiger charge is 1.98. The third kappa shape index (κ3) is 7.78. The highest BCUT2D eigenvalue weighted by molar-refractivity contribution is 14.0. The van der Waals surface area contributed by atoms with E-state index in [9.17, 15) is 0 Å². The minimum absolute atomic E-state index is 0. The lowest BCUT2D eigenvalue weighted by atomic mass is 10.3. The molecular weight excluding hydrogens is 405 g/mol. The molecule has 2 rings (SSSR count). The summed E-state index contributed by atoms with van der Waals surface area (Å²) in [7, 11) is 1.75. The molecule has 0 spiro atoms. The van der Waals surface area contributed by atoms with Crippen LogP contribution in [0, 0.1) is 0 Å². The molecule has 0 aliphatic rings. The van der Waals surface area contributed by atoms with Crippen LogP contribution in [0.4, 0.5) is 0 Å². The molecule has 0 aliphatic heterocycles. The van der Waals surface area contributed by atoms with Crippen LogP contribution < -0.4 is 15.4 Å². The average Bonchev–Trinajstić information content (AvgIpc) is 2.59. The monoisotopic (exact) mass is 427 g/mol. The molecule has 0 atom stereocenters. The van der Waals surface area contributed by atoms with E-state index in [2.05, 4.69) is 25.6 Å². The van der Waals surface area contributed by atoms with Gasteiger partial charge in [-0.2, -0.15) is 0 Å². The van der Waals surface area contributed by atoms with Gasteiger partial charge in [0.05, 0.1) is 12.7 Å². The van der Waals surface area contributed by atoms with Gasteiger partial charge in [-0.05, 0) is 24.3 Å². The first-order valence-corrected chi connectivity index (χ1v) is 7.26. The second kappa shape index (κ2) is 11.6. The van der Waals surface area contributed by atoms with Crippen LogP contribution in [0.2, 0.25) is 0 Å². The van der Waals surface area contributed by atoms with Crippen molar-refractivity contribution in [3.05, 3.63) is 54.6 Å². The maximum Gasteiger partial charge on any atom is 0.191 e. The van der Waals surface area contributed by atoms with E-state index in [0.29, 0.717) is 13.2 Å². The van der Waals surface area contributed by atoms with Crippen molar-refractivity contribution in [2.75, 3.05) is 26.7 Å². The van der Waals surface area contributed by atoms with Crippen molar-refractivity contribution < 1.29 is 4.74 Å². The summed E-state index contributed by atoms with van der Waals surface area (Å²) in [5.41, 5.74) is 1.06. The van der Waals surface area contributed by atoms with E-state index in [1.54, 1.807) is 25.6 Å². The molecule has 0 fully saturated rings. The van der Waals surface area contributed by atoms with E-state index in [1.165, 1.54) is 0 Å². The van der Waals surface area contributed by atoms with Gasteiger partial charge in [0.25, 0.3) is 0 Å². The van der Waals surface area contributed by atoms with Gasteiger partial charge in [-0.1, -0.05) is 6.07 Å². The predicted molar refractivity (Wildman–Crippen MR) is 102 cm³/mol. The Hall–Kier alpha value is -1.90. The Kier molecular flexibility index (Phi) is 9.69. The molecule has 23 heavy (non-hydrogen) atoms. The molecule has 7 heteroatoms. The zero-order chi connectivity index (χ0) is 15.5. The highest BCUT2D eigenvalue weighted by atomic mass is 127. The van der Waals surface area contributed by atoms with Gasteiger partial charge in [0.2, 0.25) is 0 Å². The Balaban J connectivity index is 0.00000264. The van der Waals surface area contributed by atoms with Crippen LogP contribution in [-0.2, 0) is 6.42 Å². The molecule has 124 valence electrons. The van der Waals surface area contributed by atoms with Crippen molar-refractivity contribution in [1.82, 2.24) is 20.6 Å². The fraction of sp³-hybridized carbons (Fsp3) is 0.312. The summed E-state index contributed by atoms with van der Waals surface area (Å²) in [5, 5.41) is 6.45. The summed E-state index contributed by atoms with van der Waals surface area (Å²) < 4.78 is 5.56. The van der Waals surface area contributed by atoms with Crippen molar-refractivity contribution in [1.29, 1.82) is 0 Å². The molecule has 0 bridgehead atoms. The summed E-state index contributed by atoms with van der Waals surface area (Å²) in [6.45, 7) is 1.99. The van der Waals surface area contributed by atoms with E-state index in [0.717, 1.165) is 30.4 Å². The lowest BCUT2D eigenvalue weighted by Gasteiger charge is -2.12. The molecule has 2 N–H and O–H groups in total. The van der Waals surface area contributed by atoms with Crippen LogP contribution in [0.5, 0.6) is 5.75 Å². The fourth-order valence-corrected chi connectivity index (χ4v) is 1.85. The predicted octanol–water partition coefficient (Wildman–Crippen LogP) is 1.88. The number of hydrogen-bond donors (Lipinski definition) is 2. The quantitative estimate of drug-likeness (QED) is 0.306. The van der Waals surface area contributed by atoms with Gasteiger partial charge in [-0.15, -0.1) is 24.0 Å². The first-order valence-electron chi connectivity index (χ1n) is 7.26. The Labute approximate surface area is 153 Å². The number of guanidine groups is 1. The zero-order valence-corrected chi connectivity index (χ0v) is 15.4. The van der Waals surface area contributed by atoms with Gasteiger partial charge in [-0.3, -0.25) is 15.0 Å². The number of pyridine rings is 2. The molecule has 0 amide bonds. The van der Waals surface area contributed by atoms with E-state index >= 15 is 0 Å². The summed E-state index contributed by atoms with van der Waals surface area (Å²) in [4.78, 5) is 12.5. The molecular formula is C16H22IN5O. The van der Waals surface area contributed by atoms with Gasteiger partial charge in [0.1, 0.15) is 12.4 Å². The molecule has 2 aromatic heterocycles. The summed E-state index contributed by atoms with van der Waals surface area (Å²) >= 11 is 0. The molecule has 0 saturated heterocycles. The Morgan fingerprint density at radius 3 is 2.70 bits per heavy atom. The average molecular weight is 427 g/mol. The highest BCUT2D eigenvalue weighted by Crippen LogP contribution is 2.04. The minimum Gasteiger partial charge on any atom is -0.490 e. The van der Waals surface area contributed by atoms with Crippen molar-refractivity contribution in [2.24, 2.45) is 4.99 Å². The molecule has 0 aromatic carbocycles. The van der Waals surface area contributed by atoms with Crippen LogP contribution in [0.3, 0.4) is 0 Å². The maximum atomic E-state index is 5.56. The topological polar surface area (TPSA) is 71.4 Å². The zero-order valence-electron chi connectivity index (χ0n) is 13.1. The number of rotatable bonds is 7.